The summed E-state index contributed by atoms with van der Waals surface area (Å²) in [6.07, 6.45) is 3.75. The van der Waals surface area contributed by atoms with Crippen molar-refractivity contribution in [2.24, 2.45) is 5.92 Å². The second-order valence-corrected chi connectivity index (χ2v) is 7.46. The fraction of sp³-hybridized carbons (Fsp3) is 0.364. The van der Waals surface area contributed by atoms with Crippen molar-refractivity contribution in [3.05, 3.63) is 54.4 Å². The number of hydrogen-bond donors (Lipinski definition) is 3. The number of piperidine rings is 1. The van der Waals surface area contributed by atoms with Crippen LogP contribution in [-0.2, 0) is 20.9 Å². The predicted molar refractivity (Wildman–Crippen MR) is 115 cm³/mol. The summed E-state index contributed by atoms with van der Waals surface area (Å²) in [5.74, 6) is -1.15. The quantitative estimate of drug-likeness (QED) is 0.633. The van der Waals surface area contributed by atoms with Gasteiger partial charge in [-0.3, -0.25) is 24.3 Å². The number of carbonyl (C=O) groups excluding carboxylic acids is 3. The van der Waals surface area contributed by atoms with E-state index in [-0.39, 0.29) is 5.91 Å². The number of amides is 3. The van der Waals surface area contributed by atoms with Crippen LogP contribution in [0.25, 0.3) is 0 Å². The highest BCUT2D eigenvalue weighted by atomic mass is 16.2. The fourth-order valence-corrected chi connectivity index (χ4v) is 3.41. The summed E-state index contributed by atoms with van der Waals surface area (Å²) in [5.41, 5.74) is 2.18. The topological polar surface area (TPSA) is 103 Å². The van der Waals surface area contributed by atoms with Gasteiger partial charge < -0.3 is 16.0 Å². The van der Waals surface area contributed by atoms with Gasteiger partial charge in [-0.2, -0.15) is 0 Å². The van der Waals surface area contributed by atoms with Crippen LogP contribution in [0.4, 0.5) is 11.4 Å². The van der Waals surface area contributed by atoms with Crippen LogP contribution in [0.1, 0.15) is 25.5 Å². The Balaban J connectivity index is 1.37. The molecule has 3 amide bonds. The number of nitrogens with one attached hydrogen (secondary N) is 3. The van der Waals surface area contributed by atoms with Crippen molar-refractivity contribution in [3.63, 3.8) is 0 Å². The van der Waals surface area contributed by atoms with Crippen molar-refractivity contribution in [2.75, 3.05) is 30.3 Å². The van der Waals surface area contributed by atoms with Gasteiger partial charge >= 0.3 is 11.8 Å². The Hall–Kier alpha value is -3.26. The first-order chi connectivity index (χ1) is 14.5. The molecule has 0 radical (unpaired) electrons. The van der Waals surface area contributed by atoms with Crippen LogP contribution in [0.5, 0.6) is 0 Å². The van der Waals surface area contributed by atoms with Crippen LogP contribution < -0.4 is 16.0 Å². The molecule has 1 saturated heterocycles. The summed E-state index contributed by atoms with van der Waals surface area (Å²) in [4.78, 5) is 42.0. The molecule has 0 unspecified atom stereocenters. The molecular formula is C22H27N5O3. The van der Waals surface area contributed by atoms with Crippen molar-refractivity contribution < 1.29 is 14.4 Å². The molecule has 8 nitrogen and oxygen atoms in total. The maximum absolute atomic E-state index is 12.1. The molecule has 1 fully saturated rings. The van der Waals surface area contributed by atoms with Crippen molar-refractivity contribution in [2.45, 2.75) is 26.3 Å². The van der Waals surface area contributed by atoms with Crippen LogP contribution in [0.2, 0.25) is 0 Å². The summed E-state index contributed by atoms with van der Waals surface area (Å²) < 4.78 is 0. The minimum absolute atomic E-state index is 0.172. The smallest absolute Gasteiger partial charge is 0.313 e. The summed E-state index contributed by atoms with van der Waals surface area (Å²) in [7, 11) is 0. The van der Waals surface area contributed by atoms with Gasteiger partial charge in [-0.25, -0.2) is 0 Å². The Bertz CT molecular complexity index is 862. The molecule has 0 spiro atoms. The average molecular weight is 409 g/mol. The van der Waals surface area contributed by atoms with Crippen molar-refractivity contribution in [1.82, 2.24) is 15.2 Å². The van der Waals surface area contributed by atoms with E-state index in [0.29, 0.717) is 23.8 Å². The number of hydrogen-bond acceptors (Lipinski definition) is 5. The molecule has 0 saturated carbocycles. The van der Waals surface area contributed by atoms with Gasteiger partial charge in [-0.15, -0.1) is 0 Å². The largest absolute Gasteiger partial charge is 0.348 e. The molecular weight excluding hydrogens is 382 g/mol. The molecule has 30 heavy (non-hydrogen) atoms. The first kappa shape index (κ1) is 21.4. The average Bonchev–Trinajstić information content (AvgIpc) is 2.75. The second kappa shape index (κ2) is 10.5. The van der Waals surface area contributed by atoms with E-state index in [9.17, 15) is 14.4 Å². The Morgan fingerprint density at radius 1 is 0.967 bits per heavy atom. The van der Waals surface area contributed by atoms with Gasteiger partial charge in [0, 0.05) is 37.6 Å². The molecule has 0 atom stereocenters. The Morgan fingerprint density at radius 3 is 2.23 bits per heavy atom. The lowest BCUT2D eigenvalue weighted by atomic mass is 9.96. The second-order valence-electron chi connectivity index (χ2n) is 7.46. The summed E-state index contributed by atoms with van der Waals surface area (Å²) >= 11 is 0. The van der Waals surface area contributed by atoms with Gasteiger partial charge in [0.05, 0.1) is 5.69 Å². The van der Waals surface area contributed by atoms with Crippen LogP contribution in [0.3, 0.4) is 0 Å². The zero-order chi connectivity index (χ0) is 21.3. The summed E-state index contributed by atoms with van der Waals surface area (Å²) in [6, 6.07) is 12.5. The first-order valence-corrected chi connectivity index (χ1v) is 10.1. The Kier molecular flexibility index (Phi) is 7.51. The monoisotopic (exact) mass is 409 g/mol. The third-order valence-electron chi connectivity index (χ3n) is 5.04. The van der Waals surface area contributed by atoms with E-state index in [1.165, 1.54) is 6.92 Å². The Labute approximate surface area is 176 Å². The molecule has 8 heteroatoms. The highest BCUT2D eigenvalue weighted by Gasteiger charge is 2.21. The predicted octanol–water partition coefficient (Wildman–Crippen LogP) is 2.01. The highest BCUT2D eigenvalue weighted by Crippen LogP contribution is 2.18. The van der Waals surface area contributed by atoms with E-state index in [2.05, 4.69) is 25.8 Å². The fourth-order valence-electron chi connectivity index (χ4n) is 3.41. The molecule has 158 valence electrons. The van der Waals surface area contributed by atoms with Crippen LogP contribution in [0.15, 0.2) is 48.7 Å². The van der Waals surface area contributed by atoms with Crippen molar-refractivity contribution in [3.8, 4) is 0 Å². The van der Waals surface area contributed by atoms with Gasteiger partial charge in [0.15, 0.2) is 0 Å². The number of aromatic nitrogens is 1. The number of rotatable bonds is 6. The zero-order valence-electron chi connectivity index (χ0n) is 17.1. The van der Waals surface area contributed by atoms with Gasteiger partial charge in [0.25, 0.3) is 0 Å². The van der Waals surface area contributed by atoms with E-state index in [0.717, 1.165) is 38.2 Å². The van der Waals surface area contributed by atoms with Gasteiger partial charge in [0.1, 0.15) is 0 Å². The SMILES string of the molecule is CC(=O)Nc1ccc(NC(=O)C(=O)NCC2CCN(Cc3ccccn3)CC2)cc1. The van der Waals surface area contributed by atoms with Crippen molar-refractivity contribution >= 4 is 29.1 Å². The number of nitrogens with zero attached hydrogens (tertiary/aromatic N) is 2. The number of anilines is 2. The lowest BCUT2D eigenvalue weighted by Gasteiger charge is -2.31. The van der Waals surface area contributed by atoms with Crippen LogP contribution in [-0.4, -0.2) is 47.2 Å². The lowest BCUT2D eigenvalue weighted by molar-refractivity contribution is -0.136. The van der Waals surface area contributed by atoms with E-state index in [1.807, 2.05) is 18.2 Å². The number of benzene rings is 1. The van der Waals surface area contributed by atoms with E-state index in [1.54, 1.807) is 30.5 Å². The normalized spacial score (nSPS) is 14.7. The van der Waals surface area contributed by atoms with Gasteiger partial charge in [0.2, 0.25) is 5.91 Å². The third-order valence-corrected chi connectivity index (χ3v) is 5.04. The van der Waals surface area contributed by atoms with Gasteiger partial charge in [-0.05, 0) is 68.2 Å². The molecule has 2 aromatic rings. The van der Waals surface area contributed by atoms with E-state index < -0.39 is 11.8 Å². The summed E-state index contributed by atoms with van der Waals surface area (Å²) in [5, 5.41) is 7.94. The lowest BCUT2D eigenvalue weighted by Crippen LogP contribution is -2.41. The van der Waals surface area contributed by atoms with E-state index in [4.69, 9.17) is 0 Å². The standard InChI is InChI=1S/C22H27N5O3/c1-16(28)25-18-5-7-19(8-6-18)26-22(30)21(29)24-14-17-9-12-27(13-10-17)15-20-4-2-3-11-23-20/h2-8,11,17H,9-10,12-15H2,1H3,(H,24,29)(H,25,28)(H,26,30). The minimum atomic E-state index is -0.699. The van der Waals surface area contributed by atoms with Gasteiger partial charge in [-0.1, -0.05) is 6.07 Å². The summed E-state index contributed by atoms with van der Waals surface area (Å²) in [6.45, 7) is 4.65. The zero-order valence-corrected chi connectivity index (χ0v) is 17.1. The third kappa shape index (κ3) is 6.66. The number of carbonyl (C=O) groups is 3. The maximum atomic E-state index is 12.1. The molecule has 3 N–H and O–H groups in total. The number of pyridine rings is 1. The van der Waals surface area contributed by atoms with Crippen LogP contribution in [0, 0.1) is 5.92 Å². The first-order valence-electron chi connectivity index (χ1n) is 10.1. The molecule has 0 aliphatic carbocycles. The van der Waals surface area contributed by atoms with Crippen molar-refractivity contribution in [1.29, 1.82) is 0 Å². The highest BCUT2D eigenvalue weighted by molar-refractivity contribution is 6.39. The maximum Gasteiger partial charge on any atom is 0.313 e. The molecule has 0 bridgehead atoms. The minimum Gasteiger partial charge on any atom is -0.348 e. The molecule has 1 aromatic heterocycles. The molecule has 1 aromatic carbocycles. The molecule has 3 rings (SSSR count). The molecule has 1 aliphatic heterocycles. The molecule has 1 aliphatic rings. The Morgan fingerprint density at radius 2 is 1.63 bits per heavy atom. The van der Waals surface area contributed by atoms with Crippen LogP contribution >= 0.6 is 0 Å². The number of likely N-dealkylation sites (tertiary alicyclic amines) is 1. The molecule has 2 heterocycles. The van der Waals surface area contributed by atoms with E-state index >= 15 is 0 Å².